The summed E-state index contributed by atoms with van der Waals surface area (Å²) in [5, 5.41) is 2.82. The molecular formula is C19H18N4O3S. The van der Waals surface area contributed by atoms with E-state index in [1.165, 1.54) is 11.7 Å². The second-order valence-corrected chi connectivity index (χ2v) is 7.04. The van der Waals surface area contributed by atoms with Crippen molar-refractivity contribution in [1.82, 2.24) is 13.6 Å². The lowest BCUT2D eigenvalue weighted by molar-refractivity contribution is -0.134. The standard InChI is InChI=1S/C19H18N4O3S/c1-23(10-11-6-7-14-15(8-11)22-27-21-14)19(25)13-9-17(24)20-18-12(13)4-3-5-16(18)26-2/h3-8,13H,9-10H2,1-2H3,(H,20,24). The average Bonchev–Trinajstić information content (AvgIpc) is 3.14. The van der Waals surface area contributed by atoms with Gasteiger partial charge >= 0.3 is 0 Å². The maximum absolute atomic E-state index is 13.1. The van der Waals surface area contributed by atoms with Gasteiger partial charge in [-0.15, -0.1) is 0 Å². The van der Waals surface area contributed by atoms with Crippen molar-refractivity contribution in [3.63, 3.8) is 0 Å². The number of likely N-dealkylation sites (N-methyl/N-ethyl adjacent to an activating group) is 1. The van der Waals surface area contributed by atoms with Crippen LogP contribution in [0, 0.1) is 0 Å². The maximum Gasteiger partial charge on any atom is 0.230 e. The minimum absolute atomic E-state index is 0.101. The van der Waals surface area contributed by atoms with Crippen LogP contribution in [0.2, 0.25) is 0 Å². The molecule has 2 amide bonds. The maximum atomic E-state index is 13.1. The Labute approximate surface area is 160 Å². The molecule has 0 fully saturated rings. The van der Waals surface area contributed by atoms with E-state index < -0.39 is 5.92 Å². The molecule has 1 N–H and O–H groups in total. The third kappa shape index (κ3) is 3.23. The first-order valence-electron chi connectivity index (χ1n) is 8.49. The minimum Gasteiger partial charge on any atom is -0.495 e. The van der Waals surface area contributed by atoms with Gasteiger partial charge in [-0.25, -0.2) is 0 Å². The molecule has 0 radical (unpaired) electrons. The first kappa shape index (κ1) is 17.4. The van der Waals surface area contributed by atoms with Gasteiger partial charge in [0.25, 0.3) is 0 Å². The summed E-state index contributed by atoms with van der Waals surface area (Å²) >= 11 is 1.17. The number of para-hydroxylation sites is 1. The number of amides is 2. The predicted molar refractivity (Wildman–Crippen MR) is 103 cm³/mol. The van der Waals surface area contributed by atoms with E-state index >= 15 is 0 Å². The van der Waals surface area contributed by atoms with Gasteiger partial charge < -0.3 is 15.0 Å². The van der Waals surface area contributed by atoms with E-state index in [9.17, 15) is 9.59 Å². The molecule has 1 atom stereocenters. The number of aromatic nitrogens is 2. The summed E-state index contributed by atoms with van der Waals surface area (Å²) in [5.74, 6) is -0.259. The van der Waals surface area contributed by atoms with Crippen LogP contribution in [0.4, 0.5) is 5.69 Å². The number of hydrogen-bond donors (Lipinski definition) is 1. The molecule has 0 saturated carbocycles. The molecule has 3 aromatic rings. The second kappa shape index (κ2) is 6.96. The molecule has 2 aromatic carbocycles. The topological polar surface area (TPSA) is 84.4 Å². The fourth-order valence-corrected chi connectivity index (χ4v) is 3.91. The third-order valence-corrected chi connectivity index (χ3v) is 5.28. The summed E-state index contributed by atoms with van der Waals surface area (Å²) in [6.07, 6.45) is 0.123. The summed E-state index contributed by atoms with van der Waals surface area (Å²) in [6, 6.07) is 11.2. The summed E-state index contributed by atoms with van der Waals surface area (Å²) in [5.41, 5.74) is 4.01. The number of rotatable bonds is 4. The van der Waals surface area contributed by atoms with E-state index in [1.54, 1.807) is 25.1 Å². The van der Waals surface area contributed by atoms with Gasteiger partial charge in [0, 0.05) is 20.0 Å². The second-order valence-electron chi connectivity index (χ2n) is 6.51. The number of anilines is 1. The van der Waals surface area contributed by atoms with Crippen LogP contribution in [-0.4, -0.2) is 39.6 Å². The number of nitrogens with one attached hydrogen (secondary N) is 1. The molecule has 4 rings (SSSR count). The van der Waals surface area contributed by atoms with Crippen molar-refractivity contribution < 1.29 is 14.3 Å². The van der Waals surface area contributed by atoms with E-state index in [0.29, 0.717) is 18.0 Å². The molecule has 1 unspecified atom stereocenters. The number of benzene rings is 2. The Kier molecular flexibility index (Phi) is 4.49. The summed E-state index contributed by atoms with van der Waals surface area (Å²) in [4.78, 5) is 26.9. The van der Waals surface area contributed by atoms with E-state index in [2.05, 4.69) is 14.1 Å². The molecule has 0 spiro atoms. The molecular weight excluding hydrogens is 364 g/mol. The molecule has 2 heterocycles. The van der Waals surface area contributed by atoms with Gasteiger partial charge in [-0.1, -0.05) is 18.2 Å². The van der Waals surface area contributed by atoms with Crippen molar-refractivity contribution in [3.05, 3.63) is 47.5 Å². The Hall–Kier alpha value is -3.00. The SMILES string of the molecule is COc1cccc2c1NC(=O)CC2C(=O)N(C)Cc1ccc2nsnc2c1. The normalized spacial score (nSPS) is 15.9. The fraction of sp³-hybridized carbons (Fsp3) is 0.263. The Morgan fingerprint density at radius 3 is 2.93 bits per heavy atom. The first-order chi connectivity index (χ1) is 13.1. The quantitative estimate of drug-likeness (QED) is 0.750. The van der Waals surface area contributed by atoms with Gasteiger partial charge in [0.2, 0.25) is 11.8 Å². The highest BCUT2D eigenvalue weighted by atomic mass is 32.1. The molecule has 8 heteroatoms. The number of fused-ring (bicyclic) bond motifs is 2. The van der Waals surface area contributed by atoms with Crippen molar-refractivity contribution in [2.75, 3.05) is 19.5 Å². The van der Waals surface area contributed by atoms with Crippen molar-refractivity contribution in [2.45, 2.75) is 18.9 Å². The monoisotopic (exact) mass is 382 g/mol. The van der Waals surface area contributed by atoms with E-state index in [0.717, 1.165) is 22.2 Å². The zero-order valence-electron chi connectivity index (χ0n) is 14.9. The number of methoxy groups -OCH3 is 1. The number of hydrogen-bond acceptors (Lipinski definition) is 6. The van der Waals surface area contributed by atoms with Crippen LogP contribution in [-0.2, 0) is 16.1 Å². The Morgan fingerprint density at radius 1 is 1.30 bits per heavy atom. The Balaban J connectivity index is 1.59. The van der Waals surface area contributed by atoms with Crippen LogP contribution in [0.5, 0.6) is 5.75 Å². The molecule has 7 nitrogen and oxygen atoms in total. The van der Waals surface area contributed by atoms with Crippen LogP contribution >= 0.6 is 11.7 Å². The lowest BCUT2D eigenvalue weighted by Crippen LogP contribution is -2.36. The highest BCUT2D eigenvalue weighted by Crippen LogP contribution is 2.39. The number of ether oxygens (including phenoxy) is 1. The number of carbonyl (C=O) groups excluding carboxylic acids is 2. The van der Waals surface area contributed by atoms with Crippen molar-refractivity contribution in [3.8, 4) is 5.75 Å². The third-order valence-electron chi connectivity index (χ3n) is 4.72. The minimum atomic E-state index is -0.529. The molecule has 0 bridgehead atoms. The van der Waals surface area contributed by atoms with Gasteiger partial charge in [0.15, 0.2) is 0 Å². The Morgan fingerprint density at radius 2 is 2.11 bits per heavy atom. The summed E-state index contributed by atoms with van der Waals surface area (Å²) in [6.45, 7) is 0.434. The fourth-order valence-electron chi connectivity index (χ4n) is 3.39. The summed E-state index contributed by atoms with van der Waals surface area (Å²) < 4.78 is 13.8. The molecule has 0 aliphatic carbocycles. The van der Waals surface area contributed by atoms with Gasteiger partial charge in [0.05, 0.1) is 30.4 Å². The lowest BCUT2D eigenvalue weighted by Gasteiger charge is -2.29. The zero-order valence-corrected chi connectivity index (χ0v) is 15.7. The molecule has 1 aliphatic rings. The van der Waals surface area contributed by atoms with Gasteiger partial charge in [0.1, 0.15) is 16.8 Å². The van der Waals surface area contributed by atoms with Crippen molar-refractivity contribution in [2.24, 2.45) is 0 Å². The molecule has 1 aromatic heterocycles. The van der Waals surface area contributed by atoms with Crippen LogP contribution in [0.25, 0.3) is 11.0 Å². The largest absolute Gasteiger partial charge is 0.495 e. The number of carbonyl (C=O) groups is 2. The Bertz CT molecular complexity index is 1030. The van der Waals surface area contributed by atoms with Gasteiger partial charge in [-0.3, -0.25) is 9.59 Å². The van der Waals surface area contributed by atoms with Crippen molar-refractivity contribution in [1.29, 1.82) is 0 Å². The highest BCUT2D eigenvalue weighted by Gasteiger charge is 2.34. The van der Waals surface area contributed by atoms with Crippen LogP contribution in [0.15, 0.2) is 36.4 Å². The lowest BCUT2D eigenvalue weighted by atomic mass is 9.89. The highest BCUT2D eigenvalue weighted by molar-refractivity contribution is 7.00. The van der Waals surface area contributed by atoms with Crippen LogP contribution in [0.1, 0.15) is 23.5 Å². The number of nitrogens with zero attached hydrogens (tertiary/aromatic N) is 3. The first-order valence-corrected chi connectivity index (χ1v) is 9.23. The molecule has 0 saturated heterocycles. The van der Waals surface area contributed by atoms with Gasteiger partial charge in [-0.05, 0) is 29.3 Å². The molecule has 27 heavy (non-hydrogen) atoms. The van der Waals surface area contributed by atoms with E-state index in [-0.39, 0.29) is 18.2 Å². The van der Waals surface area contributed by atoms with E-state index in [1.807, 2.05) is 30.3 Å². The summed E-state index contributed by atoms with van der Waals surface area (Å²) in [7, 11) is 3.29. The molecule has 1 aliphatic heterocycles. The predicted octanol–water partition coefficient (Wildman–Crippen LogP) is 2.78. The van der Waals surface area contributed by atoms with E-state index in [4.69, 9.17) is 4.74 Å². The van der Waals surface area contributed by atoms with Crippen molar-refractivity contribution >= 4 is 40.3 Å². The van der Waals surface area contributed by atoms with Gasteiger partial charge in [-0.2, -0.15) is 8.75 Å². The van der Waals surface area contributed by atoms with Crippen LogP contribution < -0.4 is 10.1 Å². The smallest absolute Gasteiger partial charge is 0.230 e. The zero-order chi connectivity index (χ0) is 19.0. The molecule has 138 valence electrons. The average molecular weight is 382 g/mol. The van der Waals surface area contributed by atoms with Crippen LogP contribution in [0.3, 0.4) is 0 Å².